The summed E-state index contributed by atoms with van der Waals surface area (Å²) < 4.78 is 5.43. The molecule has 1 aliphatic heterocycles. The molecule has 1 heterocycles. The number of benzene rings is 1. The van der Waals surface area contributed by atoms with Gasteiger partial charge >= 0.3 is 6.09 Å². The summed E-state index contributed by atoms with van der Waals surface area (Å²) in [5.41, 5.74) is 8.36. The van der Waals surface area contributed by atoms with Crippen molar-refractivity contribution < 1.29 is 19.1 Å². The van der Waals surface area contributed by atoms with E-state index in [2.05, 4.69) is 5.32 Å². The molecule has 8 heteroatoms. The van der Waals surface area contributed by atoms with Crippen molar-refractivity contribution in [2.24, 2.45) is 0 Å². The van der Waals surface area contributed by atoms with Crippen molar-refractivity contribution in [2.75, 3.05) is 31.6 Å². The van der Waals surface area contributed by atoms with Crippen molar-refractivity contribution in [3.63, 3.8) is 0 Å². The maximum atomic E-state index is 12.2. The molecule has 0 saturated carbocycles. The minimum atomic E-state index is -0.480. The van der Waals surface area contributed by atoms with Crippen LogP contribution in [-0.2, 0) is 9.53 Å². The first kappa shape index (κ1) is 24.8. The molecule has 1 aromatic rings. The Balaban J connectivity index is 0.000000960. The van der Waals surface area contributed by atoms with Gasteiger partial charge in [0, 0.05) is 25.3 Å². The van der Waals surface area contributed by atoms with E-state index in [0.717, 1.165) is 24.0 Å². The van der Waals surface area contributed by atoms with Crippen LogP contribution in [0.15, 0.2) is 18.2 Å². The number of hydrogen-bond donors (Lipinski definition) is 2. The van der Waals surface area contributed by atoms with Crippen molar-refractivity contribution in [2.45, 2.75) is 52.1 Å². The molecule has 0 spiro atoms. The number of rotatable bonds is 4. The summed E-state index contributed by atoms with van der Waals surface area (Å²) in [7, 11) is 0. The SMILES string of the molecule is CCNC(=O)c1cc(C2CCN(C(=O)OC(C)(C)C)CC2)ccc1N.CSC=O. The van der Waals surface area contributed by atoms with Crippen LogP contribution in [0.1, 0.15) is 62.4 Å². The third-order valence-corrected chi connectivity index (χ3v) is 4.57. The molecule has 2 rings (SSSR count). The molecule has 0 unspecified atom stereocenters. The van der Waals surface area contributed by atoms with Crippen LogP contribution in [-0.4, -0.2) is 54.0 Å². The molecule has 0 atom stereocenters. The Morgan fingerprint density at radius 3 is 2.38 bits per heavy atom. The largest absolute Gasteiger partial charge is 0.444 e. The molecule has 7 nitrogen and oxygen atoms in total. The molecule has 3 N–H and O–H groups in total. The number of nitrogens with zero attached hydrogens (tertiary/aromatic N) is 1. The van der Waals surface area contributed by atoms with E-state index in [0.29, 0.717) is 36.8 Å². The van der Waals surface area contributed by atoms with Crippen LogP contribution in [0.2, 0.25) is 0 Å². The molecule has 29 heavy (non-hydrogen) atoms. The lowest BCUT2D eigenvalue weighted by molar-refractivity contribution is 0.0205. The van der Waals surface area contributed by atoms with Gasteiger partial charge in [-0.2, -0.15) is 0 Å². The van der Waals surface area contributed by atoms with Gasteiger partial charge < -0.3 is 20.7 Å². The molecule has 1 fully saturated rings. The zero-order valence-corrected chi connectivity index (χ0v) is 18.8. The Bertz CT molecular complexity index is 696. The van der Waals surface area contributed by atoms with Gasteiger partial charge in [-0.05, 0) is 70.4 Å². The molecular weight excluding hydrogens is 390 g/mol. The first-order valence-corrected chi connectivity index (χ1v) is 11.0. The Morgan fingerprint density at radius 1 is 1.31 bits per heavy atom. The second-order valence-corrected chi connectivity index (χ2v) is 8.44. The van der Waals surface area contributed by atoms with Gasteiger partial charge in [-0.25, -0.2) is 4.79 Å². The third-order valence-electron chi connectivity index (χ3n) is 4.37. The normalized spacial score (nSPS) is 14.4. The summed E-state index contributed by atoms with van der Waals surface area (Å²) in [6.07, 6.45) is 3.16. The van der Waals surface area contributed by atoms with Gasteiger partial charge in [0.15, 0.2) is 5.62 Å². The molecule has 2 amide bonds. The van der Waals surface area contributed by atoms with Crippen molar-refractivity contribution in [1.29, 1.82) is 0 Å². The molecule has 1 saturated heterocycles. The molecule has 1 aliphatic rings. The van der Waals surface area contributed by atoms with Crippen LogP contribution in [0.4, 0.5) is 10.5 Å². The lowest BCUT2D eigenvalue weighted by Gasteiger charge is -2.33. The van der Waals surface area contributed by atoms with Crippen molar-refractivity contribution >= 4 is 35.1 Å². The maximum absolute atomic E-state index is 12.2. The highest BCUT2D eigenvalue weighted by atomic mass is 32.2. The average molecular weight is 424 g/mol. The summed E-state index contributed by atoms with van der Waals surface area (Å²) in [4.78, 5) is 35.2. The van der Waals surface area contributed by atoms with E-state index in [9.17, 15) is 9.59 Å². The number of nitrogens with one attached hydrogen (secondary N) is 1. The molecule has 0 aliphatic carbocycles. The molecular formula is C21H33N3O4S. The smallest absolute Gasteiger partial charge is 0.410 e. The van der Waals surface area contributed by atoms with Crippen LogP contribution in [0.25, 0.3) is 0 Å². The fourth-order valence-corrected chi connectivity index (χ4v) is 3.00. The number of likely N-dealkylation sites (tertiary alicyclic amines) is 1. The average Bonchev–Trinajstić information content (AvgIpc) is 2.67. The van der Waals surface area contributed by atoms with Crippen molar-refractivity contribution in [1.82, 2.24) is 10.2 Å². The molecule has 1 aromatic carbocycles. The Morgan fingerprint density at radius 2 is 1.90 bits per heavy atom. The zero-order valence-electron chi connectivity index (χ0n) is 18.0. The summed E-state index contributed by atoms with van der Waals surface area (Å²) in [5.74, 6) is 0.167. The Labute approximate surface area is 177 Å². The van der Waals surface area contributed by atoms with Gasteiger partial charge in [0.2, 0.25) is 0 Å². The van der Waals surface area contributed by atoms with Gasteiger partial charge in [0.1, 0.15) is 5.60 Å². The second kappa shape index (κ2) is 11.7. The third kappa shape index (κ3) is 8.35. The quantitative estimate of drug-likeness (QED) is 0.566. The van der Waals surface area contributed by atoms with E-state index in [1.807, 2.05) is 39.8 Å². The zero-order chi connectivity index (χ0) is 22.0. The van der Waals surface area contributed by atoms with Gasteiger partial charge in [-0.15, -0.1) is 0 Å². The lowest BCUT2D eigenvalue weighted by Crippen LogP contribution is -2.41. The predicted octanol–water partition coefficient (Wildman–Crippen LogP) is 3.67. The van der Waals surface area contributed by atoms with Crippen LogP contribution in [0.3, 0.4) is 0 Å². The minimum absolute atomic E-state index is 0.145. The van der Waals surface area contributed by atoms with Crippen LogP contribution in [0, 0.1) is 0 Å². The maximum Gasteiger partial charge on any atom is 0.410 e. The van der Waals surface area contributed by atoms with Gasteiger partial charge in [-0.1, -0.05) is 17.8 Å². The van der Waals surface area contributed by atoms with Gasteiger partial charge in [0.05, 0.1) is 5.56 Å². The number of anilines is 1. The number of carbonyl (C=O) groups excluding carboxylic acids is 3. The van der Waals surface area contributed by atoms with Crippen LogP contribution in [0.5, 0.6) is 0 Å². The number of thioether (sulfide) groups is 1. The number of nitrogen functional groups attached to an aromatic ring is 1. The lowest BCUT2D eigenvalue weighted by atomic mass is 9.88. The van der Waals surface area contributed by atoms with Gasteiger partial charge in [-0.3, -0.25) is 9.59 Å². The number of ether oxygens (including phenoxy) is 1. The second-order valence-electron chi connectivity index (χ2n) is 7.78. The van der Waals surface area contributed by atoms with Gasteiger partial charge in [0.25, 0.3) is 5.91 Å². The molecule has 0 aromatic heterocycles. The standard InChI is InChI=1S/C19H29N3O3.C2H4OS/c1-5-21-17(23)15-12-14(6-7-16(15)20)13-8-10-22(11-9-13)18(24)25-19(2,3)4;1-4-2-3/h6-7,12-13H,5,8-11,20H2,1-4H3,(H,21,23);2H,1H3. The van der Waals surface area contributed by atoms with E-state index in [1.54, 1.807) is 17.2 Å². The monoisotopic (exact) mass is 423 g/mol. The highest BCUT2D eigenvalue weighted by Crippen LogP contribution is 2.30. The first-order valence-electron chi connectivity index (χ1n) is 9.74. The Kier molecular flexibility index (Phi) is 10.0. The van der Waals surface area contributed by atoms with Crippen LogP contribution >= 0.6 is 11.8 Å². The van der Waals surface area contributed by atoms with E-state index in [1.165, 1.54) is 11.8 Å². The van der Waals surface area contributed by atoms with E-state index in [4.69, 9.17) is 15.3 Å². The number of hydrogen-bond acceptors (Lipinski definition) is 6. The Hall–Kier alpha value is -2.22. The van der Waals surface area contributed by atoms with E-state index in [-0.39, 0.29) is 12.0 Å². The van der Waals surface area contributed by atoms with E-state index < -0.39 is 5.60 Å². The predicted molar refractivity (Wildman–Crippen MR) is 119 cm³/mol. The fourth-order valence-electron chi connectivity index (χ4n) is 3.00. The summed E-state index contributed by atoms with van der Waals surface area (Å²) in [5, 5.41) is 2.79. The number of piperidine rings is 1. The van der Waals surface area contributed by atoms with Crippen LogP contribution < -0.4 is 11.1 Å². The number of nitrogens with two attached hydrogens (primary N) is 1. The highest BCUT2D eigenvalue weighted by Gasteiger charge is 2.28. The van der Waals surface area contributed by atoms with Crippen molar-refractivity contribution in [3.8, 4) is 0 Å². The highest BCUT2D eigenvalue weighted by molar-refractivity contribution is 8.11. The first-order chi connectivity index (χ1) is 13.6. The topological polar surface area (TPSA) is 102 Å². The van der Waals surface area contributed by atoms with Crippen molar-refractivity contribution in [3.05, 3.63) is 29.3 Å². The summed E-state index contributed by atoms with van der Waals surface area (Å²) in [6, 6.07) is 5.65. The molecule has 162 valence electrons. The molecule has 0 radical (unpaired) electrons. The summed E-state index contributed by atoms with van der Waals surface area (Å²) >= 11 is 1.18. The van der Waals surface area contributed by atoms with E-state index >= 15 is 0 Å². The number of carbonyl (C=O) groups is 3. The number of amides is 2. The summed E-state index contributed by atoms with van der Waals surface area (Å²) in [6.45, 7) is 9.36. The fraction of sp³-hybridized carbons (Fsp3) is 0.571. The minimum Gasteiger partial charge on any atom is -0.444 e. The molecule has 0 bridgehead atoms.